The van der Waals surface area contributed by atoms with E-state index in [1.165, 1.54) is 16.7 Å². The zero-order valence-corrected chi connectivity index (χ0v) is 15.5. The van der Waals surface area contributed by atoms with Crippen LogP contribution in [0.4, 0.5) is 5.82 Å². The fourth-order valence-electron chi connectivity index (χ4n) is 3.05. The molecule has 0 unspecified atom stereocenters. The predicted molar refractivity (Wildman–Crippen MR) is 107 cm³/mol. The van der Waals surface area contributed by atoms with Gasteiger partial charge in [-0.25, -0.2) is 0 Å². The molecule has 0 atom stereocenters. The summed E-state index contributed by atoms with van der Waals surface area (Å²) in [7, 11) is 0. The van der Waals surface area contributed by atoms with Gasteiger partial charge in [0.1, 0.15) is 11.6 Å². The van der Waals surface area contributed by atoms with Gasteiger partial charge < -0.3 is 16.6 Å². The number of carbonyl (C=O) groups is 1. The molecule has 0 aliphatic rings. The third-order valence-electron chi connectivity index (χ3n) is 4.49. The van der Waals surface area contributed by atoms with Crippen LogP contribution in [0.3, 0.4) is 0 Å². The SMILES string of the molecule is Cc1ccc(O)c(C)c1-n1c(N)c(C(N)=O)cc(-c2ccc(Cl)cc2)c1=O. The van der Waals surface area contributed by atoms with Crippen molar-refractivity contribution in [1.29, 1.82) is 0 Å². The van der Waals surface area contributed by atoms with E-state index in [-0.39, 0.29) is 22.7 Å². The average Bonchev–Trinajstić information content (AvgIpc) is 2.62. The van der Waals surface area contributed by atoms with Gasteiger partial charge in [0.2, 0.25) is 0 Å². The van der Waals surface area contributed by atoms with Crippen LogP contribution in [0, 0.1) is 13.8 Å². The number of nitrogens with two attached hydrogens (primary N) is 2. The molecule has 0 aliphatic carbocycles. The Hall–Kier alpha value is -3.25. The number of hydrogen-bond donors (Lipinski definition) is 3. The molecule has 7 heteroatoms. The molecule has 0 aliphatic heterocycles. The molecule has 1 aromatic heterocycles. The lowest BCUT2D eigenvalue weighted by Crippen LogP contribution is -2.28. The Bertz CT molecular complexity index is 1120. The van der Waals surface area contributed by atoms with Gasteiger partial charge >= 0.3 is 0 Å². The minimum atomic E-state index is -0.757. The van der Waals surface area contributed by atoms with Gasteiger partial charge in [0.25, 0.3) is 11.5 Å². The summed E-state index contributed by atoms with van der Waals surface area (Å²) >= 11 is 5.93. The summed E-state index contributed by atoms with van der Waals surface area (Å²) in [5.74, 6) is -0.826. The second-order valence-electron chi connectivity index (χ2n) is 6.24. The number of aryl methyl sites for hydroxylation is 1. The molecule has 1 heterocycles. The molecule has 138 valence electrons. The molecular formula is C20H18ClN3O3. The van der Waals surface area contributed by atoms with E-state index in [0.29, 0.717) is 27.4 Å². The number of rotatable bonds is 3. The number of anilines is 1. The quantitative estimate of drug-likeness (QED) is 0.644. The molecule has 0 saturated heterocycles. The number of primary amides is 1. The highest BCUT2D eigenvalue weighted by atomic mass is 35.5. The van der Waals surface area contributed by atoms with E-state index in [1.807, 2.05) is 0 Å². The number of halogens is 1. The number of carbonyl (C=O) groups excluding carboxylic acids is 1. The standard InChI is InChI=1S/C20H18ClN3O3/c1-10-3-8-16(25)11(2)17(10)24-18(22)15(19(23)26)9-14(20(24)27)12-4-6-13(21)7-5-12/h3-9,25H,22H2,1-2H3,(H2,23,26). The molecule has 3 aromatic rings. The number of benzene rings is 2. The summed E-state index contributed by atoms with van der Waals surface area (Å²) in [4.78, 5) is 25.2. The van der Waals surface area contributed by atoms with Gasteiger partial charge in [-0.05, 0) is 49.2 Å². The fourth-order valence-corrected chi connectivity index (χ4v) is 3.18. The number of phenols is 1. The van der Waals surface area contributed by atoms with E-state index in [2.05, 4.69) is 0 Å². The minimum Gasteiger partial charge on any atom is -0.508 e. The zero-order valence-electron chi connectivity index (χ0n) is 14.8. The molecule has 2 aromatic carbocycles. The molecule has 0 bridgehead atoms. The van der Waals surface area contributed by atoms with E-state index < -0.39 is 11.5 Å². The Balaban J connectivity index is 2.45. The van der Waals surface area contributed by atoms with Crippen LogP contribution in [-0.2, 0) is 0 Å². The molecule has 0 saturated carbocycles. The Kier molecular flexibility index (Phi) is 4.68. The van der Waals surface area contributed by atoms with Crippen molar-refractivity contribution in [2.24, 2.45) is 5.73 Å². The number of nitrogens with zero attached hydrogens (tertiary/aromatic N) is 1. The number of aromatic hydroxyl groups is 1. The summed E-state index contributed by atoms with van der Waals surface area (Å²) in [5, 5.41) is 10.6. The normalized spacial score (nSPS) is 10.8. The highest BCUT2D eigenvalue weighted by Gasteiger charge is 2.21. The maximum atomic E-state index is 13.3. The second-order valence-corrected chi connectivity index (χ2v) is 6.68. The van der Waals surface area contributed by atoms with Crippen LogP contribution in [0.2, 0.25) is 5.02 Å². The van der Waals surface area contributed by atoms with Crippen LogP contribution in [0.25, 0.3) is 16.8 Å². The van der Waals surface area contributed by atoms with Crippen molar-refractivity contribution in [2.75, 3.05) is 5.73 Å². The zero-order chi connectivity index (χ0) is 19.9. The van der Waals surface area contributed by atoms with Gasteiger partial charge in [-0.1, -0.05) is 29.8 Å². The maximum Gasteiger partial charge on any atom is 0.264 e. The second kappa shape index (κ2) is 6.81. The molecule has 1 amide bonds. The molecule has 27 heavy (non-hydrogen) atoms. The van der Waals surface area contributed by atoms with E-state index >= 15 is 0 Å². The van der Waals surface area contributed by atoms with Crippen LogP contribution in [-0.4, -0.2) is 15.6 Å². The van der Waals surface area contributed by atoms with Gasteiger partial charge in [0.15, 0.2) is 0 Å². The Labute approximate surface area is 160 Å². The van der Waals surface area contributed by atoms with Crippen LogP contribution in [0.15, 0.2) is 47.3 Å². The molecule has 6 nitrogen and oxygen atoms in total. The topological polar surface area (TPSA) is 111 Å². The lowest BCUT2D eigenvalue weighted by atomic mass is 10.0. The number of pyridine rings is 1. The lowest BCUT2D eigenvalue weighted by Gasteiger charge is -2.19. The molecular weight excluding hydrogens is 366 g/mol. The van der Waals surface area contributed by atoms with Crippen molar-refractivity contribution in [3.8, 4) is 22.6 Å². The summed E-state index contributed by atoms with van der Waals surface area (Å²) in [6, 6.07) is 11.2. The van der Waals surface area contributed by atoms with Gasteiger partial charge in [-0.3, -0.25) is 14.2 Å². The van der Waals surface area contributed by atoms with Gasteiger partial charge in [0, 0.05) is 16.1 Å². The van der Waals surface area contributed by atoms with Gasteiger partial charge in [-0.2, -0.15) is 0 Å². The van der Waals surface area contributed by atoms with Crippen molar-refractivity contribution in [3.05, 3.63) is 74.5 Å². The highest BCUT2D eigenvalue weighted by molar-refractivity contribution is 6.30. The van der Waals surface area contributed by atoms with Gasteiger partial charge in [-0.15, -0.1) is 0 Å². The molecule has 0 fully saturated rings. The minimum absolute atomic E-state index is 0.0134. The number of aromatic nitrogens is 1. The number of hydrogen-bond acceptors (Lipinski definition) is 4. The number of phenolic OH excluding ortho intramolecular Hbond substituents is 1. The van der Waals surface area contributed by atoms with Crippen molar-refractivity contribution >= 4 is 23.3 Å². The number of amides is 1. The smallest absolute Gasteiger partial charge is 0.264 e. The van der Waals surface area contributed by atoms with Crippen LogP contribution in [0.5, 0.6) is 5.75 Å². The van der Waals surface area contributed by atoms with Crippen molar-refractivity contribution in [3.63, 3.8) is 0 Å². The molecule has 5 N–H and O–H groups in total. The lowest BCUT2D eigenvalue weighted by molar-refractivity contribution is 0.100. The summed E-state index contributed by atoms with van der Waals surface area (Å²) < 4.78 is 1.22. The molecule has 0 radical (unpaired) electrons. The first kappa shape index (κ1) is 18.5. The van der Waals surface area contributed by atoms with Crippen LogP contribution in [0.1, 0.15) is 21.5 Å². The van der Waals surface area contributed by atoms with E-state index in [4.69, 9.17) is 23.1 Å². The van der Waals surface area contributed by atoms with Crippen LogP contribution < -0.4 is 17.0 Å². The summed E-state index contributed by atoms with van der Waals surface area (Å²) in [5.41, 5.74) is 13.6. The number of nitrogen functional groups attached to an aromatic ring is 1. The fraction of sp³-hybridized carbons (Fsp3) is 0.100. The third kappa shape index (κ3) is 3.15. The Morgan fingerprint density at radius 2 is 1.74 bits per heavy atom. The molecule has 0 spiro atoms. The predicted octanol–water partition coefficient (Wildman–Crippen LogP) is 3.16. The Morgan fingerprint density at radius 3 is 2.33 bits per heavy atom. The first-order chi connectivity index (χ1) is 12.7. The van der Waals surface area contributed by atoms with Crippen molar-refractivity contribution in [2.45, 2.75) is 13.8 Å². The monoisotopic (exact) mass is 383 g/mol. The van der Waals surface area contributed by atoms with Crippen LogP contribution >= 0.6 is 11.6 Å². The summed E-state index contributed by atoms with van der Waals surface area (Å²) in [6.07, 6.45) is 0. The first-order valence-corrected chi connectivity index (χ1v) is 8.51. The first-order valence-electron chi connectivity index (χ1n) is 8.13. The molecule has 3 rings (SSSR count). The summed E-state index contributed by atoms with van der Waals surface area (Å²) in [6.45, 7) is 3.45. The van der Waals surface area contributed by atoms with E-state index in [0.717, 1.165) is 0 Å². The highest BCUT2D eigenvalue weighted by Crippen LogP contribution is 2.30. The Morgan fingerprint density at radius 1 is 1.11 bits per heavy atom. The average molecular weight is 384 g/mol. The maximum absolute atomic E-state index is 13.3. The third-order valence-corrected chi connectivity index (χ3v) is 4.74. The van der Waals surface area contributed by atoms with E-state index in [1.54, 1.807) is 44.2 Å². The largest absolute Gasteiger partial charge is 0.508 e. The van der Waals surface area contributed by atoms with Crippen molar-refractivity contribution < 1.29 is 9.90 Å². The van der Waals surface area contributed by atoms with E-state index in [9.17, 15) is 14.7 Å². The van der Waals surface area contributed by atoms with Gasteiger partial charge in [0.05, 0.1) is 11.3 Å². The van der Waals surface area contributed by atoms with Crippen molar-refractivity contribution in [1.82, 2.24) is 4.57 Å².